The first-order valence-corrected chi connectivity index (χ1v) is 7.26. The van der Waals surface area contributed by atoms with Gasteiger partial charge in [-0.25, -0.2) is 0 Å². The van der Waals surface area contributed by atoms with Gasteiger partial charge in [0.2, 0.25) is 0 Å². The van der Waals surface area contributed by atoms with Crippen molar-refractivity contribution >= 4 is 18.5 Å². The highest BCUT2D eigenvalue weighted by Gasteiger charge is 2.26. The molecule has 9 heteroatoms. The second-order valence-corrected chi connectivity index (χ2v) is 4.98. The summed E-state index contributed by atoms with van der Waals surface area (Å²) in [7, 11) is 1.00. The highest BCUT2D eigenvalue weighted by molar-refractivity contribution is 7.71. The molecule has 124 valence electrons. The third-order valence-electron chi connectivity index (χ3n) is 3.18. The molecule has 1 saturated heterocycles. The van der Waals surface area contributed by atoms with Crippen molar-refractivity contribution in [1.82, 2.24) is 14.9 Å². The number of aromatic nitrogens is 2. The summed E-state index contributed by atoms with van der Waals surface area (Å²) in [6, 6.07) is 0. The van der Waals surface area contributed by atoms with Gasteiger partial charge in [-0.15, -0.1) is 0 Å². The average Bonchev–Trinajstić information content (AvgIpc) is 3.00. The number of nitrogens with zero attached hydrogens (tertiary/aromatic N) is 1. The number of hydrogen-bond donors (Lipinski definition) is 4. The number of H-pyrrole nitrogens is 1. The molecular weight excluding hydrogens is 310 g/mol. The van der Waals surface area contributed by atoms with Gasteiger partial charge in [-0.05, 0) is 25.1 Å². The van der Waals surface area contributed by atoms with E-state index in [0.29, 0.717) is 5.56 Å². The van der Waals surface area contributed by atoms with Gasteiger partial charge in [-0.3, -0.25) is 14.3 Å². The molecule has 0 aliphatic carbocycles. The largest absolute Gasteiger partial charge is 0.400 e. The van der Waals surface area contributed by atoms with Crippen LogP contribution in [0.1, 0.15) is 24.6 Å². The molecule has 4 N–H and O–H groups in total. The van der Waals surface area contributed by atoms with Crippen LogP contribution in [0.15, 0.2) is 11.0 Å². The summed E-state index contributed by atoms with van der Waals surface area (Å²) in [4.78, 5) is 24.6. The van der Waals surface area contributed by atoms with E-state index in [2.05, 4.69) is 10.3 Å². The first kappa shape index (κ1) is 18.7. The van der Waals surface area contributed by atoms with E-state index in [4.69, 9.17) is 27.2 Å². The molecule has 0 spiro atoms. The Labute approximate surface area is 132 Å². The Bertz CT molecular complexity index is 586. The molecule has 8 nitrogen and oxygen atoms in total. The zero-order chi connectivity index (χ0) is 16.5. The van der Waals surface area contributed by atoms with Crippen LogP contribution in [0.5, 0.6) is 0 Å². The molecule has 1 fully saturated rings. The van der Waals surface area contributed by atoms with Gasteiger partial charge < -0.3 is 25.1 Å². The summed E-state index contributed by atoms with van der Waals surface area (Å²) in [6.45, 7) is 0.433. The molecule has 0 saturated carbocycles. The van der Waals surface area contributed by atoms with Gasteiger partial charge in [-0.2, -0.15) is 0 Å². The van der Waals surface area contributed by atoms with Crippen molar-refractivity contribution in [1.29, 1.82) is 0 Å². The van der Waals surface area contributed by atoms with Crippen LogP contribution >= 0.6 is 12.2 Å². The lowest BCUT2D eigenvalue weighted by Crippen LogP contribution is -2.26. The van der Waals surface area contributed by atoms with Crippen LogP contribution in [0, 0.1) is 4.77 Å². The van der Waals surface area contributed by atoms with Crippen LogP contribution in [0.2, 0.25) is 0 Å². The van der Waals surface area contributed by atoms with E-state index in [1.165, 1.54) is 0 Å². The Morgan fingerprint density at radius 1 is 1.55 bits per heavy atom. The van der Waals surface area contributed by atoms with Crippen molar-refractivity contribution in [2.75, 3.05) is 20.3 Å². The fraction of sp³-hybridized carbons (Fsp3) is 0.615. The van der Waals surface area contributed by atoms with E-state index >= 15 is 0 Å². The summed E-state index contributed by atoms with van der Waals surface area (Å²) in [5.41, 5.74) is 0.206. The molecule has 2 heterocycles. The number of aliphatic hydroxyl groups is 2. The minimum Gasteiger partial charge on any atom is -0.400 e. The monoisotopic (exact) mass is 331 g/mol. The van der Waals surface area contributed by atoms with Crippen LogP contribution in [-0.2, 0) is 16.1 Å². The second kappa shape index (κ2) is 9.59. The van der Waals surface area contributed by atoms with Crippen molar-refractivity contribution in [3.8, 4) is 0 Å². The highest BCUT2D eigenvalue weighted by Crippen LogP contribution is 2.27. The van der Waals surface area contributed by atoms with Crippen molar-refractivity contribution in [2.24, 2.45) is 0 Å². The number of carbonyl (C=O) groups excluding carboxylic acids is 1. The predicted molar refractivity (Wildman–Crippen MR) is 82.0 cm³/mol. The fourth-order valence-electron chi connectivity index (χ4n) is 2.16. The molecule has 1 aromatic rings. The van der Waals surface area contributed by atoms with Crippen LogP contribution in [-0.4, -0.2) is 52.4 Å². The zero-order valence-corrected chi connectivity index (χ0v) is 13.1. The summed E-state index contributed by atoms with van der Waals surface area (Å²) in [5.74, 6) is 0. The Morgan fingerprint density at radius 2 is 2.27 bits per heavy atom. The molecule has 1 aliphatic rings. The van der Waals surface area contributed by atoms with Crippen LogP contribution < -0.4 is 10.9 Å². The third-order valence-corrected chi connectivity index (χ3v) is 3.50. The molecule has 22 heavy (non-hydrogen) atoms. The maximum atomic E-state index is 11.8. The number of aromatic amines is 1. The number of hydrogen-bond acceptors (Lipinski definition) is 7. The van der Waals surface area contributed by atoms with Crippen LogP contribution in [0.25, 0.3) is 0 Å². The molecular formula is C13H21N3O5S. The zero-order valence-electron chi connectivity index (χ0n) is 12.3. The lowest BCUT2D eigenvalue weighted by atomic mass is 10.2. The van der Waals surface area contributed by atoms with Gasteiger partial charge >= 0.3 is 0 Å². The van der Waals surface area contributed by atoms with E-state index < -0.39 is 0 Å². The van der Waals surface area contributed by atoms with Gasteiger partial charge in [0.15, 0.2) is 4.77 Å². The van der Waals surface area contributed by atoms with Crippen molar-refractivity contribution in [3.05, 3.63) is 26.9 Å². The summed E-state index contributed by atoms with van der Waals surface area (Å²) in [5, 5.41) is 18.9. The summed E-state index contributed by atoms with van der Waals surface area (Å²) < 4.78 is 7.62. The van der Waals surface area contributed by atoms with E-state index in [-0.39, 0.29) is 42.4 Å². The maximum Gasteiger partial charge on any atom is 0.256 e. The first-order chi connectivity index (χ1) is 10.7. The molecule has 0 amide bonds. The summed E-state index contributed by atoms with van der Waals surface area (Å²) in [6.07, 6.45) is 3.39. The van der Waals surface area contributed by atoms with Crippen LogP contribution in [0.4, 0.5) is 0 Å². The Morgan fingerprint density at radius 3 is 2.86 bits per heavy atom. The van der Waals surface area contributed by atoms with Gasteiger partial charge in [-0.1, -0.05) is 0 Å². The van der Waals surface area contributed by atoms with Gasteiger partial charge in [0.05, 0.1) is 19.3 Å². The normalized spacial score (nSPS) is 20.3. The molecule has 2 unspecified atom stereocenters. The number of aldehydes is 1. The average molecular weight is 331 g/mol. The second-order valence-electron chi connectivity index (χ2n) is 4.59. The molecule has 0 radical (unpaired) electrons. The summed E-state index contributed by atoms with van der Waals surface area (Å²) >= 11 is 5.13. The van der Waals surface area contributed by atoms with Crippen molar-refractivity contribution in [3.63, 3.8) is 0 Å². The lowest BCUT2D eigenvalue weighted by molar-refractivity contribution is -0.107. The standard InChI is InChI=1S/C12H17N3O4S.CH4O/c16-4-3-13-5-8-6-15(12(20)14-11(8)18)10-2-1-9(7-17)19-10;1-2/h4,6,9-10,13,17H,1-3,5,7H2,(H,14,18,20);2H,1H3. The van der Waals surface area contributed by atoms with E-state index in [9.17, 15) is 9.59 Å². The molecule has 1 aliphatic heterocycles. The maximum absolute atomic E-state index is 11.8. The van der Waals surface area contributed by atoms with E-state index in [0.717, 1.165) is 26.2 Å². The molecule has 2 atom stereocenters. The number of nitrogens with one attached hydrogen (secondary N) is 2. The van der Waals surface area contributed by atoms with E-state index in [1.807, 2.05) is 0 Å². The van der Waals surface area contributed by atoms with Crippen LogP contribution in [0.3, 0.4) is 0 Å². The minimum absolute atomic E-state index is 0.0269. The van der Waals surface area contributed by atoms with Gasteiger partial charge in [0, 0.05) is 25.4 Å². The van der Waals surface area contributed by atoms with E-state index in [1.54, 1.807) is 10.8 Å². The highest BCUT2D eigenvalue weighted by atomic mass is 32.1. The topological polar surface area (TPSA) is 117 Å². The van der Waals surface area contributed by atoms with Gasteiger partial charge in [0.1, 0.15) is 12.5 Å². The Kier molecular flexibility index (Phi) is 8.13. The molecule has 0 aromatic carbocycles. The fourth-order valence-corrected chi connectivity index (χ4v) is 2.42. The lowest BCUT2D eigenvalue weighted by Gasteiger charge is -2.17. The molecule has 1 aromatic heterocycles. The SMILES string of the molecule is CO.O=CCNCc1cn(C2CCC(CO)O2)c(=S)[nH]c1=O. The predicted octanol–water partition coefficient (Wildman–Crippen LogP) is -0.527. The Balaban J connectivity index is 0.00000116. The van der Waals surface area contributed by atoms with Crippen molar-refractivity contribution in [2.45, 2.75) is 31.7 Å². The molecule has 0 bridgehead atoms. The molecule has 2 rings (SSSR count). The minimum atomic E-state index is -0.277. The Hall–Kier alpha value is -1.39. The first-order valence-electron chi connectivity index (χ1n) is 6.85. The number of carbonyl (C=O) groups is 1. The smallest absolute Gasteiger partial charge is 0.256 e. The number of aliphatic hydroxyl groups excluding tert-OH is 2. The quantitative estimate of drug-likeness (QED) is 0.315. The van der Waals surface area contributed by atoms with Crippen molar-refractivity contribution < 1.29 is 19.7 Å². The number of rotatable bonds is 6. The van der Waals surface area contributed by atoms with Gasteiger partial charge in [0.25, 0.3) is 5.56 Å². The third kappa shape index (κ3) is 4.82. The number of ether oxygens (including phenoxy) is 1.